The normalized spacial score (nSPS) is 13.0. The van der Waals surface area contributed by atoms with Crippen molar-refractivity contribution in [1.82, 2.24) is 10.2 Å². The van der Waals surface area contributed by atoms with Crippen molar-refractivity contribution in [3.63, 3.8) is 0 Å². The topological polar surface area (TPSA) is 69.6 Å². The van der Waals surface area contributed by atoms with Crippen LogP contribution in [0.4, 0.5) is 13.2 Å². The van der Waals surface area contributed by atoms with E-state index < -0.39 is 24.1 Å². The van der Waals surface area contributed by atoms with Crippen LogP contribution in [0.3, 0.4) is 0 Å². The number of carbonyl (C=O) groups excluding carboxylic acids is 1. The third-order valence-electron chi connectivity index (χ3n) is 2.65. The summed E-state index contributed by atoms with van der Waals surface area (Å²) in [5.41, 5.74) is 0.881. The van der Waals surface area contributed by atoms with Gasteiger partial charge in [-0.05, 0) is 12.6 Å². The van der Waals surface area contributed by atoms with Gasteiger partial charge in [0.1, 0.15) is 6.04 Å². The van der Waals surface area contributed by atoms with Crippen LogP contribution in [-0.4, -0.2) is 47.7 Å². The van der Waals surface area contributed by atoms with Crippen molar-refractivity contribution in [2.75, 3.05) is 13.6 Å². The smallest absolute Gasteiger partial charge is 0.471 e. The number of nitrogens with one attached hydrogen (secondary N) is 1. The monoisotopic (exact) mass is 304 g/mol. The predicted molar refractivity (Wildman–Crippen MR) is 68.4 cm³/mol. The molecule has 0 aromatic heterocycles. The molecule has 0 saturated heterocycles. The molecule has 0 fully saturated rings. The number of nitrogens with zero attached hydrogens (tertiary/aromatic N) is 1. The lowest BCUT2D eigenvalue weighted by molar-refractivity contribution is -0.175. The van der Waals surface area contributed by atoms with Gasteiger partial charge in [-0.25, -0.2) is 4.79 Å². The number of hydrogen-bond acceptors (Lipinski definition) is 3. The largest absolute Gasteiger partial charge is 0.480 e. The Balaban J connectivity index is 2.62. The first-order valence-corrected chi connectivity index (χ1v) is 6.03. The molecule has 8 heteroatoms. The molecule has 1 unspecified atom stereocenters. The Bertz CT molecular complexity index is 491. The number of rotatable bonds is 6. The van der Waals surface area contributed by atoms with E-state index in [1.54, 1.807) is 31.3 Å². The number of aliphatic carboxylic acids is 1. The van der Waals surface area contributed by atoms with Crippen LogP contribution < -0.4 is 5.32 Å². The number of halogens is 3. The molecule has 0 aliphatic rings. The molecule has 0 bridgehead atoms. The molecule has 21 heavy (non-hydrogen) atoms. The Hall–Kier alpha value is -2.09. The van der Waals surface area contributed by atoms with E-state index in [2.05, 4.69) is 0 Å². The number of hydrogen-bond donors (Lipinski definition) is 2. The molecule has 116 valence electrons. The average Bonchev–Trinajstić information content (AvgIpc) is 2.37. The number of carboxylic acid groups (broad SMARTS) is 1. The Morgan fingerprint density at radius 1 is 1.29 bits per heavy atom. The second-order valence-electron chi connectivity index (χ2n) is 4.54. The molecule has 1 rings (SSSR count). The molecule has 1 aromatic carbocycles. The molecule has 1 atom stereocenters. The van der Waals surface area contributed by atoms with E-state index in [4.69, 9.17) is 5.11 Å². The zero-order valence-electron chi connectivity index (χ0n) is 11.2. The van der Waals surface area contributed by atoms with Crippen LogP contribution in [0.25, 0.3) is 0 Å². The van der Waals surface area contributed by atoms with E-state index in [0.717, 1.165) is 5.56 Å². The molecule has 0 spiro atoms. The molecule has 1 aromatic rings. The fraction of sp³-hybridized carbons (Fsp3) is 0.385. The van der Waals surface area contributed by atoms with Gasteiger partial charge in [0, 0.05) is 13.1 Å². The first-order valence-electron chi connectivity index (χ1n) is 6.03. The third-order valence-corrected chi connectivity index (χ3v) is 2.65. The van der Waals surface area contributed by atoms with Gasteiger partial charge in [-0.15, -0.1) is 0 Å². The Kier molecular flexibility index (Phi) is 5.71. The summed E-state index contributed by atoms with van der Waals surface area (Å²) < 4.78 is 36.4. The second-order valence-corrected chi connectivity index (χ2v) is 4.54. The van der Waals surface area contributed by atoms with Gasteiger partial charge in [0.05, 0.1) is 0 Å². The highest BCUT2D eigenvalue weighted by Crippen LogP contribution is 2.14. The van der Waals surface area contributed by atoms with Crippen molar-refractivity contribution in [2.45, 2.75) is 18.8 Å². The van der Waals surface area contributed by atoms with Crippen LogP contribution in [0.15, 0.2) is 30.3 Å². The summed E-state index contributed by atoms with van der Waals surface area (Å²) in [5, 5.41) is 10.4. The van der Waals surface area contributed by atoms with Crippen LogP contribution in [0.5, 0.6) is 0 Å². The molecule has 5 nitrogen and oxygen atoms in total. The van der Waals surface area contributed by atoms with Crippen molar-refractivity contribution in [2.24, 2.45) is 0 Å². The molecule has 1 amide bonds. The summed E-state index contributed by atoms with van der Waals surface area (Å²) in [7, 11) is 1.56. The van der Waals surface area contributed by atoms with Gasteiger partial charge >= 0.3 is 18.1 Å². The summed E-state index contributed by atoms with van der Waals surface area (Å²) in [6.07, 6.45) is -5.11. The van der Waals surface area contributed by atoms with Crippen molar-refractivity contribution in [3.05, 3.63) is 35.9 Å². The SMILES string of the molecule is CN(Cc1ccccc1)CC(NC(=O)C(F)(F)F)C(=O)O. The second kappa shape index (κ2) is 7.07. The van der Waals surface area contributed by atoms with Crippen molar-refractivity contribution >= 4 is 11.9 Å². The quantitative estimate of drug-likeness (QED) is 0.830. The van der Waals surface area contributed by atoms with Crippen LogP contribution in [0, 0.1) is 0 Å². The van der Waals surface area contributed by atoms with Crippen LogP contribution in [-0.2, 0) is 16.1 Å². The van der Waals surface area contributed by atoms with Crippen molar-refractivity contribution < 1.29 is 27.9 Å². The minimum absolute atomic E-state index is 0.244. The van der Waals surface area contributed by atoms with Crippen molar-refractivity contribution in [3.8, 4) is 0 Å². The fourth-order valence-corrected chi connectivity index (χ4v) is 1.70. The maximum Gasteiger partial charge on any atom is 0.471 e. The number of carboxylic acids is 1. The molecule has 0 radical (unpaired) electrons. The predicted octanol–water partition coefficient (Wildman–Crippen LogP) is 1.25. The molecule has 0 aliphatic heterocycles. The van der Waals surface area contributed by atoms with E-state index >= 15 is 0 Å². The van der Waals surface area contributed by atoms with Gasteiger partial charge in [-0.3, -0.25) is 9.69 Å². The first kappa shape index (κ1) is 17.0. The highest BCUT2D eigenvalue weighted by atomic mass is 19.4. The lowest BCUT2D eigenvalue weighted by atomic mass is 10.2. The minimum atomic E-state index is -5.11. The summed E-state index contributed by atoms with van der Waals surface area (Å²) in [6.45, 7) is 0.110. The molecule has 0 aliphatic carbocycles. The zero-order valence-corrected chi connectivity index (χ0v) is 11.2. The van der Waals surface area contributed by atoms with Gasteiger partial charge in [-0.1, -0.05) is 30.3 Å². The van der Waals surface area contributed by atoms with E-state index in [0.29, 0.717) is 6.54 Å². The summed E-state index contributed by atoms with van der Waals surface area (Å²) in [4.78, 5) is 23.3. The van der Waals surface area contributed by atoms with Crippen LogP contribution >= 0.6 is 0 Å². The van der Waals surface area contributed by atoms with E-state index in [-0.39, 0.29) is 6.54 Å². The summed E-state index contributed by atoms with van der Waals surface area (Å²) >= 11 is 0. The number of benzene rings is 1. The highest BCUT2D eigenvalue weighted by molar-refractivity contribution is 5.87. The molecule has 0 heterocycles. The van der Waals surface area contributed by atoms with Gasteiger partial charge in [0.2, 0.25) is 0 Å². The molecule has 0 saturated carbocycles. The zero-order chi connectivity index (χ0) is 16.0. The Morgan fingerprint density at radius 2 is 1.86 bits per heavy atom. The van der Waals surface area contributed by atoms with E-state index in [9.17, 15) is 22.8 Å². The van der Waals surface area contributed by atoms with Gasteiger partial charge in [-0.2, -0.15) is 13.2 Å². The van der Waals surface area contributed by atoms with E-state index in [1.165, 1.54) is 10.2 Å². The minimum Gasteiger partial charge on any atom is -0.480 e. The number of carbonyl (C=O) groups is 2. The summed E-state index contributed by atoms with van der Waals surface area (Å²) in [6, 6.07) is 7.38. The first-order chi connectivity index (χ1) is 9.70. The molecular weight excluding hydrogens is 289 g/mol. The van der Waals surface area contributed by atoms with Crippen LogP contribution in [0.1, 0.15) is 5.56 Å². The van der Waals surface area contributed by atoms with Gasteiger partial charge in [0.15, 0.2) is 0 Å². The summed E-state index contributed by atoms with van der Waals surface area (Å²) in [5.74, 6) is -3.78. The molecular formula is C13H15F3N2O3. The third kappa shape index (κ3) is 5.82. The van der Waals surface area contributed by atoms with E-state index in [1.807, 2.05) is 6.07 Å². The van der Waals surface area contributed by atoms with Crippen molar-refractivity contribution in [1.29, 1.82) is 0 Å². The van der Waals surface area contributed by atoms with Gasteiger partial charge < -0.3 is 10.4 Å². The Morgan fingerprint density at radius 3 is 2.33 bits per heavy atom. The fourth-order valence-electron chi connectivity index (χ4n) is 1.70. The lowest BCUT2D eigenvalue weighted by Crippen LogP contribution is -2.51. The number of likely N-dealkylation sites (N-methyl/N-ethyl adjacent to an activating group) is 1. The lowest BCUT2D eigenvalue weighted by Gasteiger charge is -2.22. The maximum atomic E-state index is 12.1. The number of amides is 1. The van der Waals surface area contributed by atoms with Crippen LogP contribution in [0.2, 0.25) is 0 Å². The standard InChI is InChI=1S/C13H15F3N2O3/c1-18(7-9-5-3-2-4-6-9)8-10(11(19)20)17-12(21)13(14,15)16/h2-6,10H,7-8H2,1H3,(H,17,21)(H,19,20). The Labute approximate surface area is 119 Å². The molecule has 2 N–H and O–H groups in total. The highest BCUT2D eigenvalue weighted by Gasteiger charge is 2.40. The maximum absolute atomic E-state index is 12.1. The average molecular weight is 304 g/mol. The number of alkyl halides is 3. The van der Waals surface area contributed by atoms with Gasteiger partial charge in [0.25, 0.3) is 0 Å².